The summed E-state index contributed by atoms with van der Waals surface area (Å²) in [6.07, 6.45) is 1.53. The smallest absolute Gasteiger partial charge is 0.244 e. The third-order valence-corrected chi connectivity index (χ3v) is 2.92. The number of carbonyl (C=O) groups is 2. The minimum atomic E-state index is -1.30. The Labute approximate surface area is 137 Å². The molecule has 0 saturated carbocycles. The fourth-order valence-electron chi connectivity index (χ4n) is 1.80. The van der Waals surface area contributed by atoms with E-state index in [4.69, 9.17) is 4.74 Å². The summed E-state index contributed by atoms with van der Waals surface area (Å²) in [4.78, 5) is 22.0. The van der Waals surface area contributed by atoms with E-state index in [1.165, 1.54) is 30.5 Å². The molecular weight excluding hydrogens is 315 g/mol. The number of amides is 1. The van der Waals surface area contributed by atoms with E-state index in [9.17, 15) is 19.1 Å². The number of carbonyl (C=O) groups excluding carboxylic acids is 2. The van der Waals surface area contributed by atoms with Gasteiger partial charge in [0.05, 0.1) is 18.6 Å². The summed E-state index contributed by atoms with van der Waals surface area (Å²) in [5.74, 6) is -1.60. The van der Waals surface area contributed by atoms with Crippen molar-refractivity contribution in [2.24, 2.45) is 5.10 Å². The van der Waals surface area contributed by atoms with Gasteiger partial charge in [-0.3, -0.25) is 4.79 Å². The number of carboxylic acids is 1. The van der Waals surface area contributed by atoms with Crippen molar-refractivity contribution < 1.29 is 23.8 Å². The summed E-state index contributed by atoms with van der Waals surface area (Å²) >= 11 is 0. The normalized spacial score (nSPS) is 10.5. The lowest BCUT2D eigenvalue weighted by atomic mass is 10.1. The van der Waals surface area contributed by atoms with Crippen molar-refractivity contribution in [2.45, 2.75) is 6.42 Å². The number of nitrogens with one attached hydrogen (secondary N) is 1. The standard InChI is InChI=1S/C17H15FN2O4/c18-14-5-1-12(2-6-14)9-16(21)20-19-10-13-3-7-15(8-4-13)24-11-17(22)23/h1-8,10H,9,11H2,(H,20,21)(H,22,23)/p-1/b19-10-. The lowest BCUT2D eigenvalue weighted by Crippen LogP contribution is -2.28. The van der Waals surface area contributed by atoms with Gasteiger partial charge in [-0.1, -0.05) is 12.1 Å². The molecule has 0 aliphatic carbocycles. The number of rotatable bonds is 7. The Morgan fingerprint density at radius 3 is 2.42 bits per heavy atom. The van der Waals surface area contributed by atoms with Gasteiger partial charge in [0.2, 0.25) is 5.91 Å². The molecule has 0 saturated heterocycles. The van der Waals surface area contributed by atoms with Crippen LogP contribution in [0.25, 0.3) is 0 Å². The van der Waals surface area contributed by atoms with E-state index in [0.717, 1.165) is 0 Å². The number of hydrazone groups is 1. The molecule has 0 bridgehead atoms. The molecule has 1 amide bonds. The number of hydrogen-bond donors (Lipinski definition) is 1. The molecule has 0 heterocycles. The van der Waals surface area contributed by atoms with E-state index >= 15 is 0 Å². The molecule has 7 heteroatoms. The molecule has 0 fully saturated rings. The van der Waals surface area contributed by atoms with Crippen LogP contribution in [0.3, 0.4) is 0 Å². The van der Waals surface area contributed by atoms with Crippen molar-refractivity contribution in [3.63, 3.8) is 0 Å². The van der Waals surface area contributed by atoms with Crippen LogP contribution in [0, 0.1) is 5.82 Å². The Balaban J connectivity index is 1.81. The van der Waals surface area contributed by atoms with Gasteiger partial charge in [-0.15, -0.1) is 0 Å². The Hall–Kier alpha value is -3.22. The van der Waals surface area contributed by atoms with Crippen LogP contribution in [-0.4, -0.2) is 24.7 Å². The quantitative estimate of drug-likeness (QED) is 0.596. The first-order valence-electron chi connectivity index (χ1n) is 7.02. The Kier molecular flexibility index (Phi) is 6.01. The number of ether oxygens (including phenoxy) is 1. The predicted octanol–water partition coefficient (Wildman–Crippen LogP) is 0.647. The largest absolute Gasteiger partial charge is 0.546 e. The SMILES string of the molecule is O=C([O-])COc1ccc(/C=N\NC(=O)Cc2ccc(F)cc2)cc1. The number of aliphatic carboxylic acids is 1. The molecule has 0 spiro atoms. The Morgan fingerprint density at radius 1 is 1.12 bits per heavy atom. The summed E-state index contributed by atoms with van der Waals surface area (Å²) in [6, 6.07) is 12.1. The van der Waals surface area contributed by atoms with Crippen molar-refractivity contribution in [2.75, 3.05) is 6.61 Å². The van der Waals surface area contributed by atoms with Crippen LogP contribution in [0.15, 0.2) is 53.6 Å². The third-order valence-electron chi connectivity index (χ3n) is 2.92. The minimum absolute atomic E-state index is 0.0909. The molecule has 2 rings (SSSR count). The lowest BCUT2D eigenvalue weighted by molar-refractivity contribution is -0.307. The summed E-state index contributed by atoms with van der Waals surface area (Å²) in [5.41, 5.74) is 3.74. The first kappa shape index (κ1) is 17.1. The molecule has 6 nitrogen and oxygen atoms in total. The highest BCUT2D eigenvalue weighted by Crippen LogP contribution is 2.10. The van der Waals surface area contributed by atoms with Crippen molar-refractivity contribution in [1.29, 1.82) is 0 Å². The maximum absolute atomic E-state index is 12.8. The molecule has 0 radical (unpaired) electrons. The molecule has 0 atom stereocenters. The summed E-state index contributed by atoms with van der Waals surface area (Å²) in [6.45, 7) is -0.521. The van der Waals surface area contributed by atoms with Crippen molar-refractivity contribution >= 4 is 18.1 Å². The average molecular weight is 329 g/mol. The van der Waals surface area contributed by atoms with Crippen molar-refractivity contribution in [3.8, 4) is 5.75 Å². The molecule has 2 aromatic carbocycles. The second-order valence-electron chi connectivity index (χ2n) is 4.83. The third kappa shape index (κ3) is 5.88. The van der Waals surface area contributed by atoms with Crippen LogP contribution in [0.2, 0.25) is 0 Å². The van der Waals surface area contributed by atoms with Gasteiger partial charge in [-0.2, -0.15) is 5.10 Å². The highest BCUT2D eigenvalue weighted by atomic mass is 19.1. The van der Waals surface area contributed by atoms with Crippen LogP contribution < -0.4 is 15.3 Å². The zero-order valence-electron chi connectivity index (χ0n) is 12.6. The fraction of sp³-hybridized carbons (Fsp3) is 0.118. The van der Waals surface area contributed by atoms with E-state index in [1.807, 2.05) is 0 Å². The summed E-state index contributed by atoms with van der Waals surface area (Å²) < 4.78 is 17.7. The highest BCUT2D eigenvalue weighted by Gasteiger charge is 2.02. The van der Waals surface area contributed by atoms with E-state index in [1.54, 1.807) is 24.3 Å². The Morgan fingerprint density at radius 2 is 1.79 bits per heavy atom. The molecule has 1 N–H and O–H groups in total. The average Bonchev–Trinajstić information content (AvgIpc) is 2.56. The van der Waals surface area contributed by atoms with Crippen LogP contribution in [0.4, 0.5) is 4.39 Å². The summed E-state index contributed by atoms with van der Waals surface area (Å²) in [5, 5.41) is 14.1. The number of carboxylic acid groups (broad SMARTS) is 1. The van der Waals surface area contributed by atoms with Gasteiger partial charge in [0.15, 0.2) is 0 Å². The zero-order valence-corrected chi connectivity index (χ0v) is 12.6. The van der Waals surface area contributed by atoms with Crippen LogP contribution in [0.1, 0.15) is 11.1 Å². The zero-order chi connectivity index (χ0) is 17.4. The van der Waals surface area contributed by atoms with Crippen LogP contribution in [-0.2, 0) is 16.0 Å². The molecule has 0 unspecified atom stereocenters. The number of nitrogens with zero attached hydrogens (tertiary/aromatic N) is 1. The van der Waals surface area contributed by atoms with Gasteiger partial charge in [0.25, 0.3) is 0 Å². The van der Waals surface area contributed by atoms with E-state index in [2.05, 4.69) is 10.5 Å². The van der Waals surface area contributed by atoms with Gasteiger partial charge >= 0.3 is 0 Å². The second-order valence-corrected chi connectivity index (χ2v) is 4.83. The predicted molar refractivity (Wildman–Crippen MR) is 82.8 cm³/mol. The number of halogens is 1. The number of hydrogen-bond acceptors (Lipinski definition) is 5. The van der Waals surface area contributed by atoms with Gasteiger partial charge in [0.1, 0.15) is 18.2 Å². The van der Waals surface area contributed by atoms with Crippen molar-refractivity contribution in [3.05, 3.63) is 65.5 Å². The van der Waals surface area contributed by atoms with Gasteiger partial charge in [-0.05, 0) is 47.5 Å². The lowest BCUT2D eigenvalue weighted by Gasteiger charge is -2.06. The first-order chi connectivity index (χ1) is 11.5. The molecule has 24 heavy (non-hydrogen) atoms. The minimum Gasteiger partial charge on any atom is -0.546 e. The van der Waals surface area contributed by atoms with Crippen LogP contribution >= 0.6 is 0 Å². The first-order valence-corrected chi connectivity index (χ1v) is 7.02. The molecular formula is C17H14FN2O4-. The number of benzene rings is 2. The van der Waals surface area contributed by atoms with Gasteiger partial charge < -0.3 is 14.6 Å². The molecule has 2 aromatic rings. The molecule has 0 aliphatic heterocycles. The molecule has 124 valence electrons. The highest BCUT2D eigenvalue weighted by molar-refractivity contribution is 5.83. The maximum atomic E-state index is 12.8. The maximum Gasteiger partial charge on any atom is 0.244 e. The van der Waals surface area contributed by atoms with Gasteiger partial charge in [0, 0.05) is 0 Å². The Bertz CT molecular complexity index is 727. The molecule has 0 aliphatic rings. The fourth-order valence-corrected chi connectivity index (χ4v) is 1.80. The van der Waals surface area contributed by atoms with E-state index in [-0.39, 0.29) is 18.1 Å². The topological polar surface area (TPSA) is 90.8 Å². The summed E-state index contributed by atoms with van der Waals surface area (Å²) in [7, 11) is 0. The van der Waals surface area contributed by atoms with Crippen molar-refractivity contribution in [1.82, 2.24) is 5.43 Å². The second kappa shape index (κ2) is 8.42. The van der Waals surface area contributed by atoms with E-state index < -0.39 is 12.6 Å². The molecule has 0 aromatic heterocycles. The van der Waals surface area contributed by atoms with E-state index in [0.29, 0.717) is 16.9 Å². The monoisotopic (exact) mass is 329 g/mol. The van der Waals surface area contributed by atoms with Gasteiger partial charge in [-0.25, -0.2) is 9.82 Å². The van der Waals surface area contributed by atoms with Crippen LogP contribution in [0.5, 0.6) is 5.75 Å².